The number of nitrogens with one attached hydrogen (secondary N) is 1. The molecule has 112 valence electrons. The van der Waals surface area contributed by atoms with Crippen LogP contribution in [0.2, 0.25) is 0 Å². The summed E-state index contributed by atoms with van der Waals surface area (Å²) in [5.41, 5.74) is 2.77. The molecule has 1 aromatic carbocycles. The normalized spacial score (nSPS) is 15.8. The molecule has 1 fully saturated rings. The Bertz CT molecular complexity index is 386. The third kappa shape index (κ3) is 4.80. The molecule has 1 aliphatic heterocycles. The maximum atomic E-state index is 5.44. The monoisotopic (exact) mass is 276 g/mol. The SMILES string of the molecule is CC(C)CCCNCc1ccccc1N1CCOCC1. The minimum atomic E-state index is 0.803. The fourth-order valence-electron chi connectivity index (χ4n) is 2.63. The van der Waals surface area contributed by atoms with Crippen LogP contribution in [0.5, 0.6) is 0 Å². The number of nitrogens with zero attached hydrogens (tertiary/aromatic N) is 1. The van der Waals surface area contributed by atoms with Gasteiger partial charge in [-0.25, -0.2) is 0 Å². The standard InChI is InChI=1S/C17H28N2O/c1-15(2)6-5-9-18-14-16-7-3-4-8-17(16)19-10-12-20-13-11-19/h3-4,7-8,15,18H,5-6,9-14H2,1-2H3. The molecule has 1 heterocycles. The summed E-state index contributed by atoms with van der Waals surface area (Å²) in [4.78, 5) is 2.44. The number of para-hydroxylation sites is 1. The summed E-state index contributed by atoms with van der Waals surface area (Å²) in [5.74, 6) is 0.803. The number of anilines is 1. The minimum Gasteiger partial charge on any atom is -0.378 e. The highest BCUT2D eigenvalue weighted by Crippen LogP contribution is 2.21. The lowest BCUT2D eigenvalue weighted by Gasteiger charge is -2.30. The van der Waals surface area contributed by atoms with Crippen LogP contribution in [-0.2, 0) is 11.3 Å². The Kier molecular flexibility index (Phi) is 6.34. The Hall–Kier alpha value is -1.06. The first-order valence-electron chi connectivity index (χ1n) is 7.88. The zero-order valence-corrected chi connectivity index (χ0v) is 12.9. The van der Waals surface area contributed by atoms with Gasteiger partial charge in [0.1, 0.15) is 0 Å². The van der Waals surface area contributed by atoms with E-state index < -0.39 is 0 Å². The first-order chi connectivity index (χ1) is 9.77. The molecular formula is C17H28N2O. The van der Waals surface area contributed by atoms with E-state index in [-0.39, 0.29) is 0 Å². The quantitative estimate of drug-likeness (QED) is 0.775. The van der Waals surface area contributed by atoms with E-state index >= 15 is 0 Å². The van der Waals surface area contributed by atoms with Gasteiger partial charge in [0, 0.05) is 25.3 Å². The van der Waals surface area contributed by atoms with E-state index in [1.807, 2.05) is 0 Å². The van der Waals surface area contributed by atoms with Crippen LogP contribution in [0.25, 0.3) is 0 Å². The average molecular weight is 276 g/mol. The molecule has 0 atom stereocenters. The summed E-state index contributed by atoms with van der Waals surface area (Å²) >= 11 is 0. The molecule has 1 saturated heterocycles. The van der Waals surface area contributed by atoms with Gasteiger partial charge in [0.05, 0.1) is 13.2 Å². The molecule has 2 rings (SSSR count). The van der Waals surface area contributed by atoms with Gasteiger partial charge in [-0.05, 0) is 36.9 Å². The molecular weight excluding hydrogens is 248 g/mol. The lowest BCUT2D eigenvalue weighted by Crippen LogP contribution is -2.37. The number of hydrogen-bond donors (Lipinski definition) is 1. The zero-order chi connectivity index (χ0) is 14.2. The van der Waals surface area contributed by atoms with Gasteiger partial charge < -0.3 is 15.0 Å². The van der Waals surface area contributed by atoms with Crippen molar-refractivity contribution in [3.63, 3.8) is 0 Å². The van der Waals surface area contributed by atoms with Gasteiger partial charge in [-0.1, -0.05) is 32.0 Å². The molecule has 0 aliphatic carbocycles. The van der Waals surface area contributed by atoms with Crippen LogP contribution in [0, 0.1) is 5.92 Å². The fraction of sp³-hybridized carbons (Fsp3) is 0.647. The van der Waals surface area contributed by atoms with Crippen LogP contribution in [0.1, 0.15) is 32.3 Å². The lowest BCUT2D eigenvalue weighted by molar-refractivity contribution is 0.122. The molecule has 0 unspecified atom stereocenters. The predicted molar refractivity (Wildman–Crippen MR) is 85.3 cm³/mol. The van der Waals surface area contributed by atoms with Crippen molar-refractivity contribution in [3.05, 3.63) is 29.8 Å². The van der Waals surface area contributed by atoms with E-state index in [1.54, 1.807) is 0 Å². The largest absolute Gasteiger partial charge is 0.378 e. The minimum absolute atomic E-state index is 0.803. The van der Waals surface area contributed by atoms with Gasteiger partial charge in [0.2, 0.25) is 0 Å². The maximum absolute atomic E-state index is 5.44. The van der Waals surface area contributed by atoms with Gasteiger partial charge >= 0.3 is 0 Å². The van der Waals surface area contributed by atoms with E-state index in [0.717, 1.165) is 45.3 Å². The summed E-state index contributed by atoms with van der Waals surface area (Å²) < 4.78 is 5.44. The number of rotatable bonds is 7. The molecule has 0 bridgehead atoms. The molecule has 0 spiro atoms. The van der Waals surface area contributed by atoms with E-state index in [0.29, 0.717) is 0 Å². The Balaban J connectivity index is 1.84. The van der Waals surface area contributed by atoms with Crippen molar-refractivity contribution in [1.82, 2.24) is 5.32 Å². The van der Waals surface area contributed by atoms with Crippen molar-refractivity contribution in [1.29, 1.82) is 0 Å². The first-order valence-corrected chi connectivity index (χ1v) is 7.88. The van der Waals surface area contributed by atoms with Crippen LogP contribution >= 0.6 is 0 Å². The second kappa shape index (κ2) is 8.28. The summed E-state index contributed by atoms with van der Waals surface area (Å²) in [5, 5.41) is 3.58. The van der Waals surface area contributed by atoms with Gasteiger partial charge in [0.25, 0.3) is 0 Å². The highest BCUT2D eigenvalue weighted by molar-refractivity contribution is 5.53. The topological polar surface area (TPSA) is 24.5 Å². The molecule has 20 heavy (non-hydrogen) atoms. The maximum Gasteiger partial charge on any atom is 0.0642 e. The second-order valence-electron chi connectivity index (χ2n) is 5.94. The number of ether oxygens (including phenoxy) is 1. The third-order valence-electron chi connectivity index (χ3n) is 3.79. The molecule has 1 aliphatic rings. The van der Waals surface area contributed by atoms with Crippen molar-refractivity contribution in [2.75, 3.05) is 37.7 Å². The van der Waals surface area contributed by atoms with Crippen LogP contribution in [0.15, 0.2) is 24.3 Å². The molecule has 1 aromatic rings. The van der Waals surface area contributed by atoms with E-state index in [4.69, 9.17) is 4.74 Å². The van der Waals surface area contributed by atoms with Crippen molar-refractivity contribution in [3.8, 4) is 0 Å². The summed E-state index contributed by atoms with van der Waals surface area (Å²) in [6, 6.07) is 8.73. The molecule has 0 aromatic heterocycles. The van der Waals surface area contributed by atoms with E-state index in [2.05, 4.69) is 48.3 Å². The number of morpholine rings is 1. The Labute approximate surface area is 123 Å². The van der Waals surface area contributed by atoms with Crippen molar-refractivity contribution in [2.24, 2.45) is 5.92 Å². The summed E-state index contributed by atoms with van der Waals surface area (Å²) in [6.45, 7) is 10.3. The molecule has 0 radical (unpaired) electrons. The lowest BCUT2D eigenvalue weighted by atomic mass is 10.1. The van der Waals surface area contributed by atoms with Crippen molar-refractivity contribution >= 4 is 5.69 Å². The number of hydrogen-bond acceptors (Lipinski definition) is 3. The van der Waals surface area contributed by atoms with Crippen LogP contribution in [0.4, 0.5) is 5.69 Å². The molecule has 1 N–H and O–H groups in total. The van der Waals surface area contributed by atoms with Gasteiger partial charge in [-0.15, -0.1) is 0 Å². The van der Waals surface area contributed by atoms with Crippen molar-refractivity contribution < 1.29 is 4.74 Å². The predicted octanol–water partition coefficient (Wildman–Crippen LogP) is 3.05. The number of benzene rings is 1. The van der Waals surface area contributed by atoms with Crippen LogP contribution in [0.3, 0.4) is 0 Å². The van der Waals surface area contributed by atoms with Crippen LogP contribution in [-0.4, -0.2) is 32.8 Å². The molecule has 0 saturated carbocycles. The Morgan fingerprint density at radius 2 is 1.95 bits per heavy atom. The molecule has 3 nitrogen and oxygen atoms in total. The highest BCUT2D eigenvalue weighted by Gasteiger charge is 2.13. The smallest absolute Gasteiger partial charge is 0.0642 e. The molecule has 0 amide bonds. The van der Waals surface area contributed by atoms with Crippen molar-refractivity contribution in [2.45, 2.75) is 33.2 Å². The summed E-state index contributed by atoms with van der Waals surface area (Å²) in [7, 11) is 0. The average Bonchev–Trinajstić information content (AvgIpc) is 2.48. The van der Waals surface area contributed by atoms with E-state index in [1.165, 1.54) is 24.1 Å². The Morgan fingerprint density at radius 1 is 1.20 bits per heavy atom. The van der Waals surface area contributed by atoms with Gasteiger partial charge in [-0.2, -0.15) is 0 Å². The highest BCUT2D eigenvalue weighted by atomic mass is 16.5. The van der Waals surface area contributed by atoms with E-state index in [9.17, 15) is 0 Å². The fourth-order valence-corrected chi connectivity index (χ4v) is 2.63. The van der Waals surface area contributed by atoms with Crippen LogP contribution < -0.4 is 10.2 Å². The summed E-state index contributed by atoms with van der Waals surface area (Å²) in [6.07, 6.45) is 2.56. The second-order valence-corrected chi connectivity index (χ2v) is 5.94. The third-order valence-corrected chi connectivity index (χ3v) is 3.79. The first kappa shape index (κ1) is 15.3. The molecule has 3 heteroatoms. The zero-order valence-electron chi connectivity index (χ0n) is 12.9. The van der Waals surface area contributed by atoms with Gasteiger partial charge in [-0.3, -0.25) is 0 Å². The Morgan fingerprint density at radius 3 is 2.70 bits per heavy atom. The van der Waals surface area contributed by atoms with Gasteiger partial charge in [0.15, 0.2) is 0 Å².